The van der Waals surface area contributed by atoms with Gasteiger partial charge in [0, 0.05) is 36.5 Å². The Hall–Kier alpha value is -2.62. The molecule has 3 heterocycles. The lowest BCUT2D eigenvalue weighted by molar-refractivity contribution is 0.340. The van der Waals surface area contributed by atoms with E-state index in [-0.39, 0.29) is 0 Å². The van der Waals surface area contributed by atoms with Gasteiger partial charge < -0.3 is 9.30 Å². The summed E-state index contributed by atoms with van der Waals surface area (Å²) in [4.78, 5) is 9.05. The molecule has 0 saturated carbocycles. The Kier molecular flexibility index (Phi) is 3.58. The lowest BCUT2D eigenvalue weighted by Gasteiger charge is -2.09. The molecule has 0 saturated heterocycles. The summed E-state index contributed by atoms with van der Waals surface area (Å²) >= 11 is 0. The van der Waals surface area contributed by atoms with Crippen molar-refractivity contribution in [3.8, 4) is 28.3 Å². The standard InChI is InChI=1S/C19H19N3O/c1-2-23-16-7-5-14(6-8-16)18-19(15-9-11-20-12-10-15)22-13-3-4-17(22)21-18/h5-12H,2-4,13H2,1H3. The monoisotopic (exact) mass is 305 g/mol. The van der Waals surface area contributed by atoms with Gasteiger partial charge >= 0.3 is 0 Å². The molecule has 4 nitrogen and oxygen atoms in total. The van der Waals surface area contributed by atoms with Crippen molar-refractivity contribution >= 4 is 0 Å². The summed E-state index contributed by atoms with van der Waals surface area (Å²) in [6.07, 6.45) is 5.90. The maximum atomic E-state index is 5.54. The van der Waals surface area contributed by atoms with Crippen molar-refractivity contribution in [3.63, 3.8) is 0 Å². The number of fused-ring (bicyclic) bond motifs is 1. The number of ether oxygens (including phenoxy) is 1. The molecule has 1 aliphatic rings. The molecule has 4 rings (SSSR count). The number of nitrogens with zero attached hydrogens (tertiary/aromatic N) is 3. The number of pyridine rings is 1. The first-order valence-electron chi connectivity index (χ1n) is 8.10. The third-order valence-corrected chi connectivity index (χ3v) is 4.22. The Balaban J connectivity index is 1.83. The Morgan fingerprint density at radius 2 is 1.83 bits per heavy atom. The molecular weight excluding hydrogens is 286 g/mol. The van der Waals surface area contributed by atoms with Crippen molar-refractivity contribution in [3.05, 3.63) is 54.6 Å². The number of aromatic nitrogens is 3. The van der Waals surface area contributed by atoms with E-state index in [2.05, 4.69) is 33.8 Å². The maximum absolute atomic E-state index is 5.54. The normalized spacial score (nSPS) is 13.1. The van der Waals surface area contributed by atoms with E-state index in [1.54, 1.807) is 0 Å². The first-order chi connectivity index (χ1) is 11.4. The zero-order valence-electron chi connectivity index (χ0n) is 13.2. The summed E-state index contributed by atoms with van der Waals surface area (Å²) in [5.74, 6) is 2.08. The van der Waals surface area contributed by atoms with Crippen molar-refractivity contribution in [1.82, 2.24) is 14.5 Å². The van der Waals surface area contributed by atoms with Crippen molar-refractivity contribution < 1.29 is 4.74 Å². The summed E-state index contributed by atoms with van der Waals surface area (Å²) in [6.45, 7) is 3.72. The summed E-state index contributed by atoms with van der Waals surface area (Å²) in [5.41, 5.74) is 4.55. The van der Waals surface area contributed by atoms with E-state index in [1.807, 2.05) is 31.5 Å². The second kappa shape index (κ2) is 5.88. The second-order valence-corrected chi connectivity index (χ2v) is 5.67. The van der Waals surface area contributed by atoms with Gasteiger partial charge in [0.2, 0.25) is 0 Å². The molecule has 4 heteroatoms. The molecule has 23 heavy (non-hydrogen) atoms. The zero-order chi connectivity index (χ0) is 15.6. The van der Waals surface area contributed by atoms with Gasteiger partial charge in [0.05, 0.1) is 18.0 Å². The predicted molar refractivity (Wildman–Crippen MR) is 90.4 cm³/mol. The van der Waals surface area contributed by atoms with Crippen LogP contribution in [0.15, 0.2) is 48.8 Å². The van der Waals surface area contributed by atoms with E-state index in [0.717, 1.165) is 30.0 Å². The molecule has 2 aromatic heterocycles. The largest absolute Gasteiger partial charge is 0.494 e. The molecule has 0 radical (unpaired) electrons. The molecule has 0 unspecified atom stereocenters. The van der Waals surface area contributed by atoms with Gasteiger partial charge in [0.15, 0.2) is 0 Å². The summed E-state index contributed by atoms with van der Waals surface area (Å²) in [6, 6.07) is 12.3. The molecule has 0 bridgehead atoms. The van der Waals surface area contributed by atoms with Crippen LogP contribution in [0, 0.1) is 0 Å². The fraction of sp³-hybridized carbons (Fsp3) is 0.263. The molecule has 1 aliphatic heterocycles. The molecule has 0 N–H and O–H groups in total. The minimum Gasteiger partial charge on any atom is -0.494 e. The minimum absolute atomic E-state index is 0.681. The highest BCUT2D eigenvalue weighted by Crippen LogP contribution is 2.35. The molecule has 1 aromatic carbocycles. The second-order valence-electron chi connectivity index (χ2n) is 5.67. The van der Waals surface area contributed by atoms with Crippen LogP contribution in [0.25, 0.3) is 22.5 Å². The van der Waals surface area contributed by atoms with Gasteiger partial charge in [0.1, 0.15) is 11.6 Å². The third-order valence-electron chi connectivity index (χ3n) is 4.22. The van der Waals surface area contributed by atoms with Gasteiger partial charge in [-0.1, -0.05) is 0 Å². The molecule has 0 amide bonds. The highest BCUT2D eigenvalue weighted by Gasteiger charge is 2.22. The van der Waals surface area contributed by atoms with Gasteiger partial charge in [-0.25, -0.2) is 4.98 Å². The molecule has 0 fully saturated rings. The lowest BCUT2D eigenvalue weighted by atomic mass is 10.1. The number of aryl methyl sites for hydroxylation is 1. The summed E-state index contributed by atoms with van der Waals surface area (Å²) < 4.78 is 7.89. The average molecular weight is 305 g/mol. The smallest absolute Gasteiger partial charge is 0.119 e. The highest BCUT2D eigenvalue weighted by molar-refractivity contribution is 5.79. The Morgan fingerprint density at radius 1 is 1.04 bits per heavy atom. The van der Waals surface area contributed by atoms with Crippen LogP contribution >= 0.6 is 0 Å². The number of benzene rings is 1. The van der Waals surface area contributed by atoms with Gasteiger partial charge in [-0.2, -0.15) is 0 Å². The van der Waals surface area contributed by atoms with Crippen molar-refractivity contribution in [2.24, 2.45) is 0 Å². The molecular formula is C19H19N3O. The van der Waals surface area contributed by atoms with Crippen LogP contribution in [0.1, 0.15) is 19.2 Å². The van der Waals surface area contributed by atoms with E-state index in [4.69, 9.17) is 9.72 Å². The topological polar surface area (TPSA) is 39.9 Å². The molecule has 0 aliphatic carbocycles. The molecule has 3 aromatic rings. The number of hydrogen-bond donors (Lipinski definition) is 0. The Labute approximate surface area is 135 Å². The van der Waals surface area contributed by atoms with Crippen LogP contribution in [0.3, 0.4) is 0 Å². The van der Waals surface area contributed by atoms with E-state index >= 15 is 0 Å². The zero-order valence-corrected chi connectivity index (χ0v) is 13.2. The van der Waals surface area contributed by atoms with Crippen LogP contribution in [-0.2, 0) is 13.0 Å². The fourth-order valence-corrected chi connectivity index (χ4v) is 3.21. The quantitative estimate of drug-likeness (QED) is 0.732. The SMILES string of the molecule is CCOc1ccc(-c2nc3n(c2-c2ccncc2)CCC3)cc1. The van der Waals surface area contributed by atoms with Gasteiger partial charge in [-0.3, -0.25) is 4.98 Å². The van der Waals surface area contributed by atoms with E-state index < -0.39 is 0 Å². The Morgan fingerprint density at radius 3 is 2.57 bits per heavy atom. The summed E-state index contributed by atoms with van der Waals surface area (Å²) in [7, 11) is 0. The van der Waals surface area contributed by atoms with E-state index in [9.17, 15) is 0 Å². The molecule has 0 spiro atoms. The van der Waals surface area contributed by atoms with Gasteiger partial charge in [-0.15, -0.1) is 0 Å². The predicted octanol–water partition coefficient (Wildman–Crippen LogP) is 3.96. The van der Waals surface area contributed by atoms with E-state index in [0.29, 0.717) is 6.61 Å². The maximum Gasteiger partial charge on any atom is 0.119 e. The average Bonchev–Trinajstić information content (AvgIpc) is 3.17. The third kappa shape index (κ3) is 2.50. The molecule has 116 valence electrons. The fourth-order valence-electron chi connectivity index (χ4n) is 3.21. The lowest BCUT2D eigenvalue weighted by Crippen LogP contribution is -1.96. The van der Waals surface area contributed by atoms with Crippen molar-refractivity contribution in [2.45, 2.75) is 26.3 Å². The van der Waals surface area contributed by atoms with Gasteiger partial charge in [0.25, 0.3) is 0 Å². The Bertz CT molecular complexity index is 807. The number of hydrogen-bond acceptors (Lipinski definition) is 3. The molecule has 0 atom stereocenters. The van der Waals surface area contributed by atoms with Crippen molar-refractivity contribution in [2.75, 3.05) is 6.61 Å². The van der Waals surface area contributed by atoms with Crippen LogP contribution < -0.4 is 4.74 Å². The van der Waals surface area contributed by atoms with Gasteiger partial charge in [-0.05, 0) is 49.7 Å². The van der Waals surface area contributed by atoms with Crippen molar-refractivity contribution in [1.29, 1.82) is 0 Å². The first-order valence-corrected chi connectivity index (χ1v) is 8.10. The van der Waals surface area contributed by atoms with Crippen LogP contribution in [0.4, 0.5) is 0 Å². The first kappa shape index (κ1) is 14.0. The number of rotatable bonds is 4. The van der Waals surface area contributed by atoms with Crippen LogP contribution in [0.5, 0.6) is 5.75 Å². The summed E-state index contributed by atoms with van der Waals surface area (Å²) in [5, 5.41) is 0. The van der Waals surface area contributed by atoms with Crippen LogP contribution in [-0.4, -0.2) is 21.1 Å². The minimum atomic E-state index is 0.681. The van der Waals surface area contributed by atoms with Crippen LogP contribution in [0.2, 0.25) is 0 Å². The highest BCUT2D eigenvalue weighted by atomic mass is 16.5. The number of imidazole rings is 1. The van der Waals surface area contributed by atoms with E-state index in [1.165, 1.54) is 23.5 Å².